The number of amides is 4. The van der Waals surface area contributed by atoms with E-state index in [-0.39, 0.29) is 37.3 Å². The number of imidazole rings is 1. The van der Waals surface area contributed by atoms with E-state index in [1.54, 1.807) is 18.1 Å². The summed E-state index contributed by atoms with van der Waals surface area (Å²) in [5.74, 6) is -0.950. The molecule has 5 atom stereocenters. The lowest BCUT2D eigenvalue weighted by Gasteiger charge is -2.36. The van der Waals surface area contributed by atoms with Crippen LogP contribution in [0, 0.1) is 11.8 Å². The maximum atomic E-state index is 14.4. The van der Waals surface area contributed by atoms with Gasteiger partial charge < -0.3 is 40.4 Å². The van der Waals surface area contributed by atoms with Crippen LogP contribution in [0.25, 0.3) is 0 Å². The van der Waals surface area contributed by atoms with Crippen molar-refractivity contribution in [2.75, 3.05) is 20.1 Å². The molecule has 4 amide bonds. The first kappa shape index (κ1) is 39.8. The largest absolute Gasteiger partial charge is 0.462 e. The Morgan fingerprint density at radius 2 is 1.67 bits per heavy atom. The van der Waals surface area contributed by atoms with Crippen molar-refractivity contribution >= 4 is 23.8 Å². The molecule has 282 valence electrons. The zero-order chi connectivity index (χ0) is 36.9. The molecule has 0 unspecified atom stereocenters. The molecule has 0 spiro atoms. The van der Waals surface area contributed by atoms with Crippen LogP contribution in [0.4, 0.5) is 4.79 Å². The number of carbonyl (C=O) groups excluding carboxylic acids is 4. The fourth-order valence-corrected chi connectivity index (χ4v) is 7.17. The van der Waals surface area contributed by atoms with Crippen LogP contribution in [0.3, 0.4) is 0 Å². The molecule has 2 heterocycles. The van der Waals surface area contributed by atoms with Crippen molar-refractivity contribution in [1.29, 1.82) is 0 Å². The molecule has 51 heavy (non-hydrogen) atoms. The van der Waals surface area contributed by atoms with Gasteiger partial charge in [-0.25, -0.2) is 9.78 Å². The minimum Gasteiger partial charge on any atom is -0.462 e. The first-order chi connectivity index (χ1) is 24.4. The van der Waals surface area contributed by atoms with E-state index >= 15 is 0 Å². The van der Waals surface area contributed by atoms with Crippen molar-refractivity contribution < 1.29 is 34.1 Å². The van der Waals surface area contributed by atoms with Gasteiger partial charge in [0.05, 0.1) is 24.6 Å². The molecule has 13 nitrogen and oxygen atoms in total. The van der Waals surface area contributed by atoms with E-state index in [0.29, 0.717) is 44.0 Å². The van der Waals surface area contributed by atoms with Gasteiger partial charge in [-0.2, -0.15) is 0 Å². The van der Waals surface area contributed by atoms with E-state index in [0.717, 1.165) is 31.2 Å². The number of likely N-dealkylation sites (N-methyl/N-ethyl adjacent to an activating group) is 1. The number of ether oxygens (including phenoxy) is 1. The fraction of sp³-hybridized carbons (Fsp3) is 0.658. The third-order valence-corrected chi connectivity index (χ3v) is 10.4. The number of hydrogen-bond donors (Lipinski definition) is 5. The Hall–Kier alpha value is -3.97. The van der Waals surface area contributed by atoms with Crippen LogP contribution in [-0.4, -0.2) is 110 Å². The van der Waals surface area contributed by atoms with Crippen molar-refractivity contribution in [2.45, 2.75) is 128 Å². The number of nitrogens with zero attached hydrogens (tertiary/aromatic N) is 3. The Kier molecular flexibility index (Phi) is 15.3. The number of aromatic nitrogens is 2. The standard InChI is InChI=1S/C38H58N6O7/c1-25(2)34(46)22-35(47)31(19-27-11-7-5-8-12-27)41-36(48)33(21-29-23-39-24-40-29)43(4)37(49)32(20-28-13-9-6-10-14-28)42-38(50)44-17-15-30(16-18-44)51-26(3)45/h6,9-10,13-14,23-25,27,30-35,46-47H,5,7-8,11-12,15-22H2,1-4H3,(H,39,40)(H,41,48)(H,42,50)/t31-,32-,33-,34-,35-/m0/s1. The number of rotatable bonds is 16. The molecule has 1 saturated heterocycles. The Balaban J connectivity index is 1.55. The van der Waals surface area contributed by atoms with E-state index in [1.807, 2.05) is 44.2 Å². The molecule has 0 radical (unpaired) electrons. The summed E-state index contributed by atoms with van der Waals surface area (Å²) in [5.41, 5.74) is 1.49. The number of hydrogen-bond acceptors (Lipinski definition) is 8. The Bertz CT molecular complexity index is 1380. The summed E-state index contributed by atoms with van der Waals surface area (Å²) in [7, 11) is 1.56. The van der Waals surface area contributed by atoms with Gasteiger partial charge in [0.25, 0.3) is 0 Å². The average Bonchev–Trinajstić information content (AvgIpc) is 3.63. The maximum absolute atomic E-state index is 14.4. The zero-order valence-electron chi connectivity index (χ0n) is 30.6. The molecule has 5 N–H and O–H groups in total. The monoisotopic (exact) mass is 710 g/mol. The van der Waals surface area contributed by atoms with Crippen LogP contribution in [0.2, 0.25) is 0 Å². The van der Waals surface area contributed by atoms with Gasteiger partial charge in [0.2, 0.25) is 11.8 Å². The van der Waals surface area contributed by atoms with Crippen molar-refractivity contribution in [3.63, 3.8) is 0 Å². The highest BCUT2D eigenvalue weighted by molar-refractivity contribution is 5.92. The fourth-order valence-electron chi connectivity index (χ4n) is 7.17. The smallest absolute Gasteiger partial charge is 0.318 e. The number of urea groups is 1. The number of benzene rings is 1. The van der Waals surface area contributed by atoms with Gasteiger partial charge in [-0.1, -0.05) is 76.3 Å². The number of likely N-dealkylation sites (tertiary alicyclic amines) is 1. The molecule has 4 rings (SSSR count). The van der Waals surface area contributed by atoms with Gasteiger partial charge in [0.1, 0.15) is 18.2 Å². The molecule has 1 saturated carbocycles. The molecule has 0 bridgehead atoms. The summed E-state index contributed by atoms with van der Waals surface area (Å²) in [5, 5.41) is 28.0. The lowest BCUT2D eigenvalue weighted by Crippen LogP contribution is -2.59. The summed E-state index contributed by atoms with van der Waals surface area (Å²) in [6.07, 6.45) is 8.61. The van der Waals surface area contributed by atoms with E-state index in [2.05, 4.69) is 20.6 Å². The topological polar surface area (TPSA) is 177 Å². The minimum atomic E-state index is -0.997. The lowest BCUT2D eigenvalue weighted by molar-refractivity contribution is -0.148. The Morgan fingerprint density at radius 1 is 0.980 bits per heavy atom. The van der Waals surface area contributed by atoms with E-state index in [4.69, 9.17) is 4.74 Å². The zero-order valence-corrected chi connectivity index (χ0v) is 30.6. The number of aromatic amines is 1. The molecule has 2 aliphatic rings. The highest BCUT2D eigenvalue weighted by Gasteiger charge is 2.37. The van der Waals surface area contributed by atoms with Gasteiger partial charge in [-0.15, -0.1) is 0 Å². The number of aliphatic hydroxyl groups is 2. The van der Waals surface area contributed by atoms with Crippen molar-refractivity contribution in [3.8, 4) is 0 Å². The first-order valence-electron chi connectivity index (χ1n) is 18.6. The SMILES string of the molecule is CC(=O)OC1CCN(C(=O)N[C@@H](Cc2ccccc2)C(=O)N(C)[C@@H](Cc2cnc[nH]2)C(=O)N[C@@H](CC2CCCCC2)[C@@H](O)C[C@H](O)C(C)C)CC1. The van der Waals surface area contributed by atoms with Crippen molar-refractivity contribution in [2.24, 2.45) is 11.8 Å². The van der Waals surface area contributed by atoms with Gasteiger partial charge in [-0.05, 0) is 23.8 Å². The predicted octanol–water partition coefficient (Wildman–Crippen LogP) is 3.35. The molecule has 1 aliphatic carbocycles. The highest BCUT2D eigenvalue weighted by Crippen LogP contribution is 2.29. The summed E-state index contributed by atoms with van der Waals surface area (Å²) in [6.45, 7) is 5.89. The van der Waals surface area contributed by atoms with Gasteiger partial charge >= 0.3 is 12.0 Å². The number of piperidine rings is 1. The summed E-state index contributed by atoms with van der Waals surface area (Å²) in [4.78, 5) is 63.8. The Labute approximate surface area is 301 Å². The van der Waals surface area contributed by atoms with Gasteiger partial charge in [0.15, 0.2) is 0 Å². The van der Waals surface area contributed by atoms with Gasteiger partial charge in [0, 0.05) is 71.1 Å². The first-order valence-corrected chi connectivity index (χ1v) is 18.6. The molecule has 13 heteroatoms. The van der Waals surface area contributed by atoms with Crippen LogP contribution in [0.1, 0.15) is 89.8 Å². The number of carbonyl (C=O) groups is 4. The number of esters is 1. The number of aliphatic hydroxyl groups excluding tert-OH is 2. The summed E-state index contributed by atoms with van der Waals surface area (Å²) < 4.78 is 5.32. The number of nitrogens with one attached hydrogen (secondary N) is 3. The normalized spacial score (nSPS) is 18.7. The summed E-state index contributed by atoms with van der Waals surface area (Å²) in [6, 6.07) is 6.37. The van der Waals surface area contributed by atoms with Crippen LogP contribution in [-0.2, 0) is 32.0 Å². The van der Waals surface area contributed by atoms with Crippen LogP contribution in [0.15, 0.2) is 42.9 Å². The minimum absolute atomic E-state index is 0.0560. The predicted molar refractivity (Wildman–Crippen MR) is 192 cm³/mol. The molecule has 2 aromatic rings. The van der Waals surface area contributed by atoms with Gasteiger partial charge in [-0.3, -0.25) is 14.4 Å². The number of H-pyrrole nitrogens is 1. The average molecular weight is 711 g/mol. The molecule has 1 aromatic heterocycles. The van der Waals surface area contributed by atoms with E-state index < -0.39 is 48.2 Å². The van der Waals surface area contributed by atoms with Crippen molar-refractivity contribution in [3.05, 3.63) is 54.1 Å². The van der Waals surface area contributed by atoms with E-state index in [9.17, 15) is 29.4 Å². The third kappa shape index (κ3) is 12.3. The second kappa shape index (κ2) is 19.6. The van der Waals surface area contributed by atoms with Crippen LogP contribution < -0.4 is 10.6 Å². The molecular formula is C38H58N6O7. The third-order valence-electron chi connectivity index (χ3n) is 10.4. The second-order valence-corrected chi connectivity index (χ2v) is 14.7. The van der Waals surface area contributed by atoms with Crippen LogP contribution >= 0.6 is 0 Å². The van der Waals surface area contributed by atoms with Crippen molar-refractivity contribution in [1.82, 2.24) is 30.4 Å². The molecule has 1 aliphatic heterocycles. The quantitative estimate of drug-likeness (QED) is 0.165. The van der Waals surface area contributed by atoms with E-state index in [1.165, 1.54) is 24.6 Å². The molecule has 2 fully saturated rings. The molecular weight excluding hydrogens is 652 g/mol. The Morgan fingerprint density at radius 3 is 2.27 bits per heavy atom. The molecule has 1 aromatic carbocycles. The lowest BCUT2D eigenvalue weighted by atomic mass is 9.82. The maximum Gasteiger partial charge on any atom is 0.318 e. The second-order valence-electron chi connectivity index (χ2n) is 14.7. The van der Waals surface area contributed by atoms with Crippen LogP contribution in [0.5, 0.6) is 0 Å². The highest BCUT2D eigenvalue weighted by atomic mass is 16.5. The summed E-state index contributed by atoms with van der Waals surface area (Å²) >= 11 is 0.